The monoisotopic (exact) mass is 453 g/mol. The van der Waals surface area contributed by atoms with Crippen LogP contribution in [0.15, 0.2) is 30.6 Å². The standard InChI is InChI=1S/C25H32FN5O2/c1-14(2)23-17(10-27-15(3)4)11-28-20-6-5-16(9-18(20)23)24-19(26)12-29-25(31-24)30-21-7-8-33-13-22(21)32/h5-6,9,11-12,14-15,21-22,27,32H,7-8,10,13H2,1-4H3,(H,29,30,31)/t21-,22-/m1/s1. The van der Waals surface area contributed by atoms with Gasteiger partial charge in [0.25, 0.3) is 0 Å². The molecule has 1 fully saturated rings. The summed E-state index contributed by atoms with van der Waals surface area (Å²) in [4.78, 5) is 13.2. The summed E-state index contributed by atoms with van der Waals surface area (Å²) in [6.45, 7) is 10.1. The first-order valence-corrected chi connectivity index (χ1v) is 11.5. The Balaban J connectivity index is 1.72. The van der Waals surface area contributed by atoms with Gasteiger partial charge in [-0.05, 0) is 35.6 Å². The first kappa shape index (κ1) is 23.5. The van der Waals surface area contributed by atoms with Crippen molar-refractivity contribution in [3.63, 3.8) is 0 Å². The number of aliphatic hydroxyl groups excluding tert-OH is 1. The fraction of sp³-hybridized carbons (Fsp3) is 0.480. The van der Waals surface area contributed by atoms with Crippen LogP contribution in [-0.4, -0.2) is 51.5 Å². The molecule has 4 rings (SSSR count). The van der Waals surface area contributed by atoms with Crippen molar-refractivity contribution in [2.24, 2.45) is 0 Å². The quantitative estimate of drug-likeness (QED) is 0.498. The summed E-state index contributed by atoms with van der Waals surface area (Å²) < 4.78 is 20.1. The van der Waals surface area contributed by atoms with Crippen LogP contribution >= 0.6 is 0 Å². The number of aliphatic hydroxyl groups is 1. The molecule has 0 bridgehead atoms. The molecule has 0 radical (unpaired) electrons. The number of fused-ring (bicyclic) bond motifs is 1. The van der Waals surface area contributed by atoms with Crippen LogP contribution in [0, 0.1) is 5.82 Å². The summed E-state index contributed by atoms with van der Waals surface area (Å²) in [5, 5.41) is 17.7. The maximum Gasteiger partial charge on any atom is 0.223 e. The minimum Gasteiger partial charge on any atom is -0.389 e. The zero-order valence-electron chi connectivity index (χ0n) is 19.6. The van der Waals surface area contributed by atoms with E-state index in [0.717, 1.165) is 23.0 Å². The minimum absolute atomic E-state index is 0.219. The second-order valence-electron chi connectivity index (χ2n) is 9.19. The van der Waals surface area contributed by atoms with Gasteiger partial charge in [-0.15, -0.1) is 0 Å². The van der Waals surface area contributed by atoms with Crippen LogP contribution in [0.3, 0.4) is 0 Å². The SMILES string of the molecule is CC(C)NCc1cnc2ccc(-c3nc(N[C@@H]4CCOC[C@H]4O)ncc3F)cc2c1C(C)C. The molecule has 1 saturated heterocycles. The van der Waals surface area contributed by atoms with Gasteiger partial charge in [-0.1, -0.05) is 33.8 Å². The molecule has 3 N–H and O–H groups in total. The number of nitrogens with one attached hydrogen (secondary N) is 2. The third-order valence-electron chi connectivity index (χ3n) is 5.93. The van der Waals surface area contributed by atoms with Crippen LogP contribution in [-0.2, 0) is 11.3 Å². The molecule has 1 aliphatic rings. The van der Waals surface area contributed by atoms with Crippen LogP contribution in [0.1, 0.15) is 51.2 Å². The van der Waals surface area contributed by atoms with Crippen LogP contribution < -0.4 is 10.6 Å². The van der Waals surface area contributed by atoms with Crippen molar-refractivity contribution >= 4 is 16.9 Å². The first-order valence-electron chi connectivity index (χ1n) is 11.5. The normalized spacial score (nSPS) is 18.9. The summed E-state index contributed by atoms with van der Waals surface area (Å²) in [5.74, 6) is 0.0656. The molecule has 0 saturated carbocycles. The van der Waals surface area contributed by atoms with Crippen LogP contribution in [0.4, 0.5) is 10.3 Å². The Morgan fingerprint density at radius 3 is 2.73 bits per heavy atom. The van der Waals surface area contributed by atoms with Crippen molar-refractivity contribution in [1.29, 1.82) is 0 Å². The lowest BCUT2D eigenvalue weighted by atomic mass is 9.92. The smallest absolute Gasteiger partial charge is 0.223 e. The van der Waals surface area contributed by atoms with Gasteiger partial charge in [0.15, 0.2) is 5.82 Å². The molecule has 0 unspecified atom stereocenters. The van der Waals surface area contributed by atoms with Gasteiger partial charge in [-0.3, -0.25) is 4.98 Å². The number of anilines is 1. The number of halogens is 1. The Morgan fingerprint density at radius 1 is 1.18 bits per heavy atom. The zero-order valence-corrected chi connectivity index (χ0v) is 19.6. The lowest BCUT2D eigenvalue weighted by molar-refractivity contribution is -0.0136. The molecule has 33 heavy (non-hydrogen) atoms. The average molecular weight is 454 g/mol. The molecule has 1 aromatic carbocycles. The second-order valence-corrected chi connectivity index (χ2v) is 9.19. The molecule has 7 nitrogen and oxygen atoms in total. The van der Waals surface area contributed by atoms with Gasteiger partial charge < -0.3 is 20.5 Å². The molecule has 3 aromatic rings. The predicted octanol–water partition coefficient (Wildman–Crippen LogP) is 4.01. The highest BCUT2D eigenvalue weighted by Crippen LogP contribution is 2.32. The number of hydrogen-bond donors (Lipinski definition) is 3. The second kappa shape index (κ2) is 10.1. The summed E-state index contributed by atoms with van der Waals surface area (Å²) in [5.41, 5.74) is 4.09. The number of pyridine rings is 1. The van der Waals surface area contributed by atoms with Gasteiger partial charge >= 0.3 is 0 Å². The summed E-state index contributed by atoms with van der Waals surface area (Å²) >= 11 is 0. The van der Waals surface area contributed by atoms with Gasteiger partial charge in [0, 0.05) is 36.3 Å². The van der Waals surface area contributed by atoms with Gasteiger partial charge in [0.2, 0.25) is 5.95 Å². The van der Waals surface area contributed by atoms with E-state index in [1.54, 1.807) is 0 Å². The van der Waals surface area contributed by atoms with Crippen molar-refractivity contribution in [2.75, 3.05) is 18.5 Å². The number of hydrogen-bond acceptors (Lipinski definition) is 7. The fourth-order valence-corrected chi connectivity index (χ4v) is 4.23. The predicted molar refractivity (Wildman–Crippen MR) is 128 cm³/mol. The molecular formula is C25H32FN5O2. The van der Waals surface area contributed by atoms with E-state index in [1.807, 2.05) is 24.4 Å². The molecule has 0 aliphatic carbocycles. The molecule has 2 atom stereocenters. The Morgan fingerprint density at radius 2 is 2.00 bits per heavy atom. The highest BCUT2D eigenvalue weighted by molar-refractivity contribution is 5.88. The highest BCUT2D eigenvalue weighted by atomic mass is 19.1. The van der Waals surface area contributed by atoms with Crippen molar-refractivity contribution in [1.82, 2.24) is 20.3 Å². The van der Waals surface area contributed by atoms with E-state index in [1.165, 1.54) is 11.8 Å². The third kappa shape index (κ3) is 5.29. The van der Waals surface area contributed by atoms with E-state index < -0.39 is 11.9 Å². The molecule has 0 amide bonds. The topological polar surface area (TPSA) is 92.2 Å². The van der Waals surface area contributed by atoms with E-state index in [-0.39, 0.29) is 30.2 Å². The number of nitrogens with zero attached hydrogens (tertiary/aromatic N) is 3. The van der Waals surface area contributed by atoms with Crippen molar-refractivity contribution < 1.29 is 14.2 Å². The number of ether oxygens (including phenoxy) is 1. The molecule has 1 aliphatic heterocycles. The first-order chi connectivity index (χ1) is 15.8. The zero-order chi connectivity index (χ0) is 23.5. The minimum atomic E-state index is -0.658. The summed E-state index contributed by atoms with van der Waals surface area (Å²) in [7, 11) is 0. The van der Waals surface area contributed by atoms with E-state index in [2.05, 4.69) is 53.3 Å². The maximum absolute atomic E-state index is 14.8. The van der Waals surface area contributed by atoms with Crippen LogP contribution in [0.2, 0.25) is 0 Å². The van der Waals surface area contributed by atoms with E-state index in [4.69, 9.17) is 4.74 Å². The van der Waals surface area contributed by atoms with Crippen molar-refractivity contribution in [3.8, 4) is 11.3 Å². The molecule has 0 spiro atoms. The Bertz CT molecular complexity index is 1120. The largest absolute Gasteiger partial charge is 0.389 e. The van der Waals surface area contributed by atoms with Gasteiger partial charge in [-0.2, -0.15) is 0 Å². The Hall–Kier alpha value is -2.68. The average Bonchev–Trinajstić information content (AvgIpc) is 2.79. The number of aromatic nitrogens is 3. The molecular weight excluding hydrogens is 421 g/mol. The lowest BCUT2D eigenvalue weighted by Gasteiger charge is -2.28. The highest BCUT2D eigenvalue weighted by Gasteiger charge is 2.25. The Kier molecular flexibility index (Phi) is 7.17. The molecule has 176 valence electrons. The molecule has 2 aromatic heterocycles. The van der Waals surface area contributed by atoms with Gasteiger partial charge in [0.05, 0.1) is 30.5 Å². The summed E-state index contributed by atoms with van der Waals surface area (Å²) in [6.07, 6.45) is 3.07. The fourth-order valence-electron chi connectivity index (χ4n) is 4.23. The third-order valence-corrected chi connectivity index (χ3v) is 5.93. The number of rotatable bonds is 7. The lowest BCUT2D eigenvalue weighted by Crippen LogP contribution is -2.42. The molecule has 3 heterocycles. The maximum atomic E-state index is 14.8. The summed E-state index contributed by atoms with van der Waals surface area (Å²) in [6, 6.07) is 5.84. The van der Waals surface area contributed by atoms with E-state index in [9.17, 15) is 9.50 Å². The molecule has 8 heteroatoms. The number of benzene rings is 1. The van der Waals surface area contributed by atoms with Gasteiger partial charge in [0.1, 0.15) is 5.69 Å². The van der Waals surface area contributed by atoms with Crippen LogP contribution in [0.5, 0.6) is 0 Å². The van der Waals surface area contributed by atoms with Crippen molar-refractivity contribution in [3.05, 3.63) is 47.5 Å². The van der Waals surface area contributed by atoms with Crippen molar-refractivity contribution in [2.45, 2.75) is 64.8 Å². The van der Waals surface area contributed by atoms with E-state index >= 15 is 0 Å². The van der Waals surface area contributed by atoms with Gasteiger partial charge in [-0.25, -0.2) is 14.4 Å². The Labute approximate surface area is 193 Å². The van der Waals surface area contributed by atoms with Crippen LogP contribution in [0.25, 0.3) is 22.2 Å². The van der Waals surface area contributed by atoms with E-state index in [0.29, 0.717) is 24.6 Å².